The number of benzene rings is 1. The van der Waals surface area contributed by atoms with Crippen LogP contribution in [0.5, 0.6) is 0 Å². The minimum Gasteiger partial charge on any atom is -0.0896 e. The fourth-order valence-corrected chi connectivity index (χ4v) is 53.4. The van der Waals surface area contributed by atoms with E-state index < -0.39 is 33.0 Å². The molecule has 0 saturated carbocycles. The third kappa shape index (κ3) is 3.58. The zero-order valence-electron chi connectivity index (χ0n) is 16.0. The summed E-state index contributed by atoms with van der Waals surface area (Å²) < 4.78 is 2.05. The van der Waals surface area contributed by atoms with E-state index in [4.69, 9.17) is 0 Å². The van der Waals surface area contributed by atoms with E-state index in [1.54, 1.807) is 5.19 Å². The normalized spacial score (nSPS) is 14.5. The van der Waals surface area contributed by atoms with Gasteiger partial charge in [0.05, 0.1) is 8.80 Å². The predicted molar refractivity (Wildman–Crippen MR) is 123 cm³/mol. The maximum absolute atomic E-state index is 2.71. The molecule has 5 heteroatoms. The number of halogens is 1. The van der Waals surface area contributed by atoms with Crippen LogP contribution in [0, 0.1) is 0 Å². The van der Waals surface area contributed by atoms with Crippen molar-refractivity contribution in [3.63, 3.8) is 0 Å². The van der Waals surface area contributed by atoms with Crippen LogP contribution in [-0.2, 0) is 0 Å². The number of rotatable bonds is 6. The molecule has 125 valence electrons. The van der Waals surface area contributed by atoms with Crippen molar-refractivity contribution in [2.24, 2.45) is 0 Å². The molecule has 1 rings (SSSR count). The maximum atomic E-state index is 2.71. The second kappa shape index (κ2) is 6.98. The van der Waals surface area contributed by atoms with Crippen LogP contribution < -0.4 is 5.19 Å². The Hall–Kier alpha value is 0.818. The van der Waals surface area contributed by atoms with Gasteiger partial charge in [0.15, 0.2) is 0 Å². The fraction of sp³-hybridized carbons (Fsp3) is 0.647. The van der Waals surface area contributed by atoms with E-state index in [0.29, 0.717) is 3.91 Å². The smallest absolute Gasteiger partial charge is 0.0896 e. The SMILES string of the molecule is C[Si](C)(C)C([Si](CI)c1ccccc1)([Si](C)(C)C)[Si](C)(C)C. The Morgan fingerprint density at radius 2 is 1.14 bits per heavy atom. The van der Waals surface area contributed by atoms with Gasteiger partial charge in [0.1, 0.15) is 0 Å². The molecule has 0 aliphatic rings. The fourth-order valence-electron chi connectivity index (χ4n) is 5.77. The molecule has 0 heterocycles. The van der Waals surface area contributed by atoms with Crippen LogP contribution in [0.1, 0.15) is 0 Å². The van der Waals surface area contributed by atoms with Crippen LogP contribution >= 0.6 is 22.6 Å². The molecular weight excluding hydrogens is 443 g/mol. The molecule has 0 aliphatic carbocycles. The maximum Gasteiger partial charge on any atom is 0.0940 e. The van der Waals surface area contributed by atoms with Crippen molar-refractivity contribution in [1.29, 1.82) is 0 Å². The third-order valence-electron chi connectivity index (χ3n) is 5.08. The highest BCUT2D eigenvalue weighted by Gasteiger charge is 2.63. The molecule has 0 amide bonds. The molecule has 0 fully saturated rings. The Bertz CT molecular complexity index is 444. The first kappa shape index (κ1) is 20.9. The minimum atomic E-state index is -1.31. The van der Waals surface area contributed by atoms with Crippen molar-refractivity contribution >= 4 is 60.8 Å². The summed E-state index contributed by atoms with van der Waals surface area (Å²) in [5, 5.41) is 1.69. The molecule has 0 aromatic heterocycles. The van der Waals surface area contributed by atoms with Crippen molar-refractivity contribution in [2.75, 3.05) is 4.05 Å². The Labute approximate surface area is 157 Å². The van der Waals surface area contributed by atoms with Crippen molar-refractivity contribution in [3.8, 4) is 0 Å². The molecule has 1 aromatic carbocycles. The van der Waals surface area contributed by atoms with E-state index in [2.05, 4.69) is 112 Å². The van der Waals surface area contributed by atoms with Gasteiger partial charge < -0.3 is 0 Å². The average Bonchev–Trinajstić information content (AvgIpc) is 2.31. The van der Waals surface area contributed by atoms with E-state index in [9.17, 15) is 0 Å². The van der Waals surface area contributed by atoms with Crippen LogP contribution in [0.25, 0.3) is 0 Å². The highest BCUT2D eigenvalue weighted by atomic mass is 127. The minimum absolute atomic E-state index is 0.559. The van der Waals surface area contributed by atoms with E-state index in [1.165, 1.54) is 4.05 Å². The predicted octanol–water partition coefficient (Wildman–Crippen LogP) is 5.74. The van der Waals surface area contributed by atoms with Gasteiger partial charge in [-0.1, -0.05) is 117 Å². The monoisotopic (exact) mass is 477 g/mol. The Balaban J connectivity index is 3.76. The molecule has 0 nitrogen and oxygen atoms in total. The lowest BCUT2D eigenvalue weighted by molar-refractivity contribution is 1.21. The van der Waals surface area contributed by atoms with E-state index >= 15 is 0 Å². The molecular formula is C17H34ISi4. The topological polar surface area (TPSA) is 0 Å². The van der Waals surface area contributed by atoms with Gasteiger partial charge in [-0.05, 0) is 7.96 Å². The quantitative estimate of drug-likeness (QED) is 0.279. The number of hydrogen-bond acceptors (Lipinski definition) is 0. The van der Waals surface area contributed by atoms with Crippen LogP contribution in [-0.4, -0.2) is 37.1 Å². The van der Waals surface area contributed by atoms with Crippen molar-refractivity contribution in [3.05, 3.63) is 30.3 Å². The summed E-state index contributed by atoms with van der Waals surface area (Å²) in [5.41, 5.74) is 0. The van der Waals surface area contributed by atoms with Gasteiger partial charge in [0, 0.05) is 24.2 Å². The zero-order chi connectivity index (χ0) is 17.4. The van der Waals surface area contributed by atoms with Crippen molar-refractivity contribution < 1.29 is 0 Å². The van der Waals surface area contributed by atoms with E-state index in [0.717, 1.165) is 0 Å². The zero-order valence-corrected chi connectivity index (χ0v) is 22.1. The molecule has 0 spiro atoms. The largest absolute Gasteiger partial charge is 0.0940 e. The molecule has 0 atom stereocenters. The van der Waals surface area contributed by atoms with Gasteiger partial charge in [-0.3, -0.25) is 0 Å². The first-order valence-electron chi connectivity index (χ1n) is 8.28. The lowest BCUT2D eigenvalue weighted by Gasteiger charge is -2.62. The molecule has 1 radical (unpaired) electrons. The summed E-state index contributed by atoms with van der Waals surface area (Å²) in [6.45, 7) is 24.0. The summed E-state index contributed by atoms with van der Waals surface area (Å²) in [6, 6.07) is 11.6. The van der Waals surface area contributed by atoms with Gasteiger partial charge in [-0.25, -0.2) is 0 Å². The van der Waals surface area contributed by atoms with Crippen molar-refractivity contribution in [1.82, 2.24) is 0 Å². The van der Waals surface area contributed by atoms with Crippen molar-refractivity contribution in [2.45, 2.75) is 62.8 Å². The van der Waals surface area contributed by atoms with Crippen LogP contribution in [0.3, 0.4) is 0 Å². The first-order valence-corrected chi connectivity index (χ1v) is 22.0. The van der Waals surface area contributed by atoms with Gasteiger partial charge >= 0.3 is 0 Å². The van der Waals surface area contributed by atoms with Crippen LogP contribution in [0.4, 0.5) is 0 Å². The van der Waals surface area contributed by atoms with E-state index in [-0.39, 0.29) is 0 Å². The lowest BCUT2D eigenvalue weighted by atomic mass is 10.4. The van der Waals surface area contributed by atoms with E-state index in [1.807, 2.05) is 0 Å². The summed E-state index contributed by atoms with van der Waals surface area (Å²) in [4.78, 5) is 0. The second-order valence-electron chi connectivity index (χ2n) is 9.48. The second-order valence-corrected chi connectivity index (χ2v) is 33.1. The molecule has 0 saturated heterocycles. The molecule has 0 bridgehead atoms. The molecule has 22 heavy (non-hydrogen) atoms. The Morgan fingerprint density at radius 1 is 0.773 bits per heavy atom. The summed E-state index contributed by atoms with van der Waals surface area (Å²) >= 11 is 2.71. The van der Waals surface area contributed by atoms with Gasteiger partial charge in [-0.15, -0.1) is 0 Å². The number of hydrogen-bond donors (Lipinski definition) is 0. The van der Waals surface area contributed by atoms with Gasteiger partial charge in [0.25, 0.3) is 0 Å². The first-order chi connectivity index (χ1) is 9.80. The number of alkyl halides is 1. The Morgan fingerprint density at radius 3 is 1.41 bits per heavy atom. The third-order valence-corrected chi connectivity index (χ3v) is 39.3. The average molecular weight is 478 g/mol. The Kier molecular flexibility index (Phi) is 6.61. The lowest BCUT2D eigenvalue weighted by Crippen LogP contribution is -2.75. The summed E-state index contributed by atoms with van der Waals surface area (Å²) in [7, 11) is -4.49. The highest BCUT2D eigenvalue weighted by molar-refractivity contribution is 14.1. The highest BCUT2D eigenvalue weighted by Crippen LogP contribution is 2.55. The van der Waals surface area contributed by atoms with Gasteiger partial charge in [0.2, 0.25) is 0 Å². The molecule has 0 N–H and O–H groups in total. The van der Waals surface area contributed by atoms with Gasteiger partial charge in [-0.2, -0.15) is 0 Å². The standard InChI is InChI=1S/C17H34ISi4/c1-20(2,3)17(21(4,5)6,22(7,8)9)19(15-18)16-13-11-10-12-14-16/h10-14H,15H2,1-9H3. The molecule has 0 unspecified atom stereocenters. The van der Waals surface area contributed by atoms with Crippen LogP contribution in [0.2, 0.25) is 62.8 Å². The molecule has 0 aliphatic heterocycles. The van der Waals surface area contributed by atoms with Crippen LogP contribution in [0.15, 0.2) is 30.3 Å². The summed E-state index contributed by atoms with van der Waals surface area (Å²) in [6.07, 6.45) is 0. The summed E-state index contributed by atoms with van der Waals surface area (Å²) in [5.74, 6) is 0. The molecule has 1 aromatic rings.